The molecule has 2 aromatic rings. The standard InChI is InChI=1S/C16H18I2N2O2/c17-13-1-3-15(21)11(7-13)9-19-5-6-20-10-12-8-14(18)2-4-16(12)22/h1-4,7-8,19-22H,5-6,9-10H2. The lowest BCUT2D eigenvalue weighted by atomic mass is 10.2. The van der Waals surface area contributed by atoms with Gasteiger partial charge in [0.1, 0.15) is 11.5 Å². The van der Waals surface area contributed by atoms with E-state index >= 15 is 0 Å². The first-order valence-corrected chi connectivity index (χ1v) is 9.08. The van der Waals surface area contributed by atoms with Crippen LogP contribution in [-0.2, 0) is 13.1 Å². The summed E-state index contributed by atoms with van der Waals surface area (Å²) in [7, 11) is 0. The second kappa shape index (κ2) is 8.90. The number of hydrogen-bond acceptors (Lipinski definition) is 4. The summed E-state index contributed by atoms with van der Waals surface area (Å²) < 4.78 is 2.22. The second-order valence-corrected chi connectivity index (χ2v) is 7.39. The van der Waals surface area contributed by atoms with Crippen LogP contribution in [0.4, 0.5) is 0 Å². The SMILES string of the molecule is Oc1ccc(I)cc1CNCCNCc1cc(I)ccc1O. The summed E-state index contributed by atoms with van der Waals surface area (Å²) in [6.07, 6.45) is 0. The van der Waals surface area contributed by atoms with Gasteiger partial charge in [-0.1, -0.05) is 0 Å². The number of rotatable bonds is 7. The molecule has 0 bridgehead atoms. The Balaban J connectivity index is 1.69. The molecule has 0 heterocycles. The van der Waals surface area contributed by atoms with Gasteiger partial charge in [0, 0.05) is 44.4 Å². The first kappa shape index (κ1) is 17.8. The molecule has 4 N–H and O–H groups in total. The highest BCUT2D eigenvalue weighted by molar-refractivity contribution is 14.1. The molecule has 0 aromatic heterocycles. The molecule has 0 spiro atoms. The minimum Gasteiger partial charge on any atom is -0.508 e. The quantitative estimate of drug-likeness (QED) is 0.332. The van der Waals surface area contributed by atoms with Gasteiger partial charge in [0.05, 0.1) is 0 Å². The van der Waals surface area contributed by atoms with Crippen molar-refractivity contribution in [3.05, 3.63) is 54.7 Å². The lowest BCUT2D eigenvalue weighted by molar-refractivity contribution is 0.460. The number of phenols is 2. The van der Waals surface area contributed by atoms with Gasteiger partial charge in [0.25, 0.3) is 0 Å². The van der Waals surface area contributed by atoms with E-state index in [0.717, 1.165) is 31.4 Å². The Kier molecular flexibility index (Phi) is 7.19. The lowest BCUT2D eigenvalue weighted by Gasteiger charge is -2.09. The molecule has 0 aliphatic carbocycles. The van der Waals surface area contributed by atoms with E-state index in [2.05, 4.69) is 55.8 Å². The maximum absolute atomic E-state index is 9.76. The highest BCUT2D eigenvalue weighted by Crippen LogP contribution is 2.20. The summed E-state index contributed by atoms with van der Waals surface area (Å²) in [4.78, 5) is 0. The van der Waals surface area contributed by atoms with Gasteiger partial charge in [-0.3, -0.25) is 0 Å². The van der Waals surface area contributed by atoms with Crippen LogP contribution >= 0.6 is 45.2 Å². The van der Waals surface area contributed by atoms with Crippen molar-refractivity contribution in [1.82, 2.24) is 10.6 Å². The van der Waals surface area contributed by atoms with Crippen LogP contribution in [0, 0.1) is 7.14 Å². The van der Waals surface area contributed by atoms with E-state index in [9.17, 15) is 10.2 Å². The Labute approximate surface area is 157 Å². The van der Waals surface area contributed by atoms with Crippen molar-refractivity contribution < 1.29 is 10.2 Å². The molecular weight excluding hydrogens is 506 g/mol. The van der Waals surface area contributed by atoms with Gasteiger partial charge in [-0.05, 0) is 81.6 Å². The number of hydrogen-bond donors (Lipinski definition) is 4. The molecule has 0 unspecified atom stereocenters. The fraction of sp³-hybridized carbons (Fsp3) is 0.250. The monoisotopic (exact) mass is 524 g/mol. The van der Waals surface area contributed by atoms with E-state index in [-0.39, 0.29) is 0 Å². The number of benzene rings is 2. The topological polar surface area (TPSA) is 64.5 Å². The molecule has 0 aliphatic rings. The number of aromatic hydroxyl groups is 2. The molecule has 22 heavy (non-hydrogen) atoms. The molecule has 0 amide bonds. The molecule has 0 saturated heterocycles. The van der Waals surface area contributed by atoms with Crippen LogP contribution in [0.1, 0.15) is 11.1 Å². The zero-order valence-corrected chi connectivity index (χ0v) is 16.3. The van der Waals surface area contributed by atoms with Gasteiger partial charge >= 0.3 is 0 Å². The molecule has 0 radical (unpaired) electrons. The van der Waals surface area contributed by atoms with Crippen LogP contribution in [0.25, 0.3) is 0 Å². The average Bonchev–Trinajstić information content (AvgIpc) is 2.49. The van der Waals surface area contributed by atoms with Crippen molar-refractivity contribution >= 4 is 45.2 Å². The Morgan fingerprint density at radius 2 is 1.14 bits per heavy atom. The van der Waals surface area contributed by atoms with Crippen molar-refractivity contribution in [3.8, 4) is 11.5 Å². The number of nitrogens with one attached hydrogen (secondary N) is 2. The van der Waals surface area contributed by atoms with Gasteiger partial charge in [-0.15, -0.1) is 0 Å². The van der Waals surface area contributed by atoms with Crippen LogP contribution in [0.5, 0.6) is 11.5 Å². The zero-order chi connectivity index (χ0) is 15.9. The van der Waals surface area contributed by atoms with Gasteiger partial charge in [0.2, 0.25) is 0 Å². The van der Waals surface area contributed by atoms with Gasteiger partial charge in [0.15, 0.2) is 0 Å². The van der Waals surface area contributed by atoms with Crippen molar-refractivity contribution in [2.24, 2.45) is 0 Å². The number of phenolic OH excluding ortho intramolecular Hbond substituents is 2. The highest BCUT2D eigenvalue weighted by atomic mass is 127. The molecule has 0 aliphatic heterocycles. The highest BCUT2D eigenvalue weighted by Gasteiger charge is 2.02. The largest absolute Gasteiger partial charge is 0.508 e. The summed E-state index contributed by atoms with van der Waals surface area (Å²) in [5.74, 6) is 0.648. The average molecular weight is 524 g/mol. The van der Waals surface area contributed by atoms with E-state index in [1.165, 1.54) is 0 Å². The molecule has 2 aromatic carbocycles. The van der Waals surface area contributed by atoms with Gasteiger partial charge < -0.3 is 20.8 Å². The summed E-state index contributed by atoms with van der Waals surface area (Å²) in [6, 6.07) is 11.2. The van der Waals surface area contributed by atoms with Crippen molar-refractivity contribution in [3.63, 3.8) is 0 Å². The molecule has 2 rings (SSSR count). The van der Waals surface area contributed by atoms with Crippen molar-refractivity contribution in [1.29, 1.82) is 0 Å². The predicted octanol–water partition coefficient (Wildman–Crippen LogP) is 3.19. The normalized spacial score (nSPS) is 10.8. The van der Waals surface area contributed by atoms with Crippen LogP contribution in [0.3, 0.4) is 0 Å². The Morgan fingerprint density at radius 1 is 0.727 bits per heavy atom. The van der Waals surface area contributed by atoms with E-state index < -0.39 is 0 Å². The van der Waals surface area contributed by atoms with Gasteiger partial charge in [-0.25, -0.2) is 0 Å². The fourth-order valence-electron chi connectivity index (χ4n) is 2.01. The minimum atomic E-state index is 0.324. The van der Waals surface area contributed by atoms with Crippen LogP contribution in [-0.4, -0.2) is 23.3 Å². The second-order valence-electron chi connectivity index (χ2n) is 4.90. The molecule has 0 saturated carbocycles. The summed E-state index contributed by atoms with van der Waals surface area (Å²) >= 11 is 4.47. The van der Waals surface area contributed by atoms with Crippen LogP contribution in [0.2, 0.25) is 0 Å². The molecule has 118 valence electrons. The van der Waals surface area contributed by atoms with Crippen LogP contribution in [0.15, 0.2) is 36.4 Å². The smallest absolute Gasteiger partial charge is 0.120 e. The molecule has 4 nitrogen and oxygen atoms in total. The van der Waals surface area contributed by atoms with Gasteiger partial charge in [-0.2, -0.15) is 0 Å². The third-order valence-electron chi connectivity index (χ3n) is 3.19. The zero-order valence-electron chi connectivity index (χ0n) is 11.9. The first-order chi connectivity index (χ1) is 10.6. The fourth-order valence-corrected chi connectivity index (χ4v) is 3.13. The Hall–Kier alpha value is -0.580. The molecule has 0 atom stereocenters. The van der Waals surface area contributed by atoms with E-state index in [4.69, 9.17) is 0 Å². The molecule has 0 fully saturated rings. The third kappa shape index (κ3) is 5.56. The maximum atomic E-state index is 9.76. The lowest BCUT2D eigenvalue weighted by Crippen LogP contribution is -2.26. The predicted molar refractivity (Wildman–Crippen MR) is 105 cm³/mol. The van der Waals surface area contributed by atoms with E-state index in [1.807, 2.05) is 24.3 Å². The summed E-state index contributed by atoms with van der Waals surface area (Å²) in [5.41, 5.74) is 1.81. The Bertz CT molecular complexity index is 580. The number of halogens is 2. The molecular formula is C16H18I2N2O2. The Morgan fingerprint density at radius 3 is 1.55 bits per heavy atom. The first-order valence-electron chi connectivity index (χ1n) is 6.92. The van der Waals surface area contributed by atoms with E-state index in [0.29, 0.717) is 24.6 Å². The van der Waals surface area contributed by atoms with E-state index in [1.54, 1.807) is 12.1 Å². The summed E-state index contributed by atoms with van der Waals surface area (Å²) in [6.45, 7) is 2.85. The molecule has 6 heteroatoms. The third-order valence-corrected chi connectivity index (χ3v) is 4.53. The minimum absolute atomic E-state index is 0.324. The summed E-state index contributed by atoms with van der Waals surface area (Å²) in [5, 5.41) is 26.1. The van der Waals surface area contributed by atoms with Crippen LogP contribution < -0.4 is 10.6 Å². The van der Waals surface area contributed by atoms with Crippen molar-refractivity contribution in [2.45, 2.75) is 13.1 Å². The van der Waals surface area contributed by atoms with Crippen molar-refractivity contribution in [2.75, 3.05) is 13.1 Å². The maximum Gasteiger partial charge on any atom is 0.120 e.